The van der Waals surface area contributed by atoms with Gasteiger partial charge in [-0.2, -0.15) is 0 Å². The van der Waals surface area contributed by atoms with Crippen LogP contribution in [-0.4, -0.2) is 70.1 Å². The Hall–Kier alpha value is -2.55. The third-order valence-electron chi connectivity index (χ3n) is 5.20. The second kappa shape index (κ2) is 11.2. The van der Waals surface area contributed by atoms with Gasteiger partial charge in [-0.1, -0.05) is 19.4 Å². The van der Waals surface area contributed by atoms with Crippen LogP contribution in [0.25, 0.3) is 0 Å². The lowest BCUT2D eigenvalue weighted by atomic mass is 10.1. The fraction of sp³-hybridized carbons (Fsp3) is 0.545. The number of hydrogen-bond acceptors (Lipinski definition) is 7. The molecule has 0 aliphatic carbocycles. The van der Waals surface area contributed by atoms with E-state index in [9.17, 15) is 18.0 Å². The van der Waals surface area contributed by atoms with Crippen LogP contribution in [-0.2, 0) is 25.8 Å². The normalized spacial score (nSPS) is 17.1. The van der Waals surface area contributed by atoms with E-state index in [2.05, 4.69) is 6.58 Å². The summed E-state index contributed by atoms with van der Waals surface area (Å²) in [6.45, 7) is 5.68. The molecule has 0 N–H and O–H groups in total. The lowest BCUT2D eigenvalue weighted by Gasteiger charge is -2.28. The predicted octanol–water partition coefficient (Wildman–Crippen LogP) is 2.40. The Morgan fingerprint density at radius 3 is 2.55 bits per heavy atom. The number of carbonyl (C=O) groups excluding carboxylic acids is 2. The van der Waals surface area contributed by atoms with Gasteiger partial charge in [-0.05, 0) is 31.4 Å². The summed E-state index contributed by atoms with van der Waals surface area (Å²) < 4.78 is 39.6. The Morgan fingerprint density at radius 1 is 1.26 bits per heavy atom. The number of allylic oxidation sites excluding steroid dienone is 1. The highest BCUT2D eigenvalue weighted by molar-refractivity contribution is 7.91. The van der Waals surface area contributed by atoms with E-state index < -0.39 is 28.3 Å². The SMILES string of the molecule is C=CCc1cc(C(=O)OCC(=O)N(CCCC)C2CCS(=O)(=O)C2)cc(OC)c1OC. The molecule has 1 amide bonds. The van der Waals surface area contributed by atoms with Gasteiger partial charge >= 0.3 is 5.97 Å². The van der Waals surface area contributed by atoms with Gasteiger partial charge in [0.05, 0.1) is 31.3 Å². The molecular weight excluding hydrogens is 422 g/mol. The summed E-state index contributed by atoms with van der Waals surface area (Å²) in [6.07, 6.45) is 4.15. The lowest BCUT2D eigenvalue weighted by Crippen LogP contribution is -2.43. The van der Waals surface area contributed by atoms with E-state index in [1.165, 1.54) is 20.3 Å². The molecule has 8 nitrogen and oxygen atoms in total. The highest BCUT2D eigenvalue weighted by Gasteiger charge is 2.34. The van der Waals surface area contributed by atoms with E-state index in [0.717, 1.165) is 12.8 Å². The molecule has 0 radical (unpaired) electrons. The molecule has 1 aliphatic heterocycles. The maximum atomic E-state index is 12.8. The van der Waals surface area contributed by atoms with Crippen LogP contribution in [0.5, 0.6) is 11.5 Å². The van der Waals surface area contributed by atoms with Crippen molar-refractivity contribution >= 4 is 21.7 Å². The number of rotatable bonds is 11. The first kappa shape index (κ1) is 24.7. The number of unbranched alkanes of at least 4 members (excludes halogenated alkanes) is 1. The number of hydrogen-bond donors (Lipinski definition) is 0. The molecule has 0 spiro atoms. The van der Waals surface area contributed by atoms with E-state index in [-0.39, 0.29) is 23.1 Å². The van der Waals surface area contributed by atoms with Gasteiger partial charge in [0.25, 0.3) is 5.91 Å². The van der Waals surface area contributed by atoms with E-state index >= 15 is 0 Å². The molecule has 1 aromatic carbocycles. The summed E-state index contributed by atoms with van der Waals surface area (Å²) in [5.41, 5.74) is 0.932. The lowest BCUT2D eigenvalue weighted by molar-refractivity contribution is -0.136. The molecule has 1 atom stereocenters. The maximum Gasteiger partial charge on any atom is 0.338 e. The van der Waals surface area contributed by atoms with Gasteiger partial charge in [0.2, 0.25) is 0 Å². The average molecular weight is 454 g/mol. The minimum Gasteiger partial charge on any atom is -0.493 e. The summed E-state index contributed by atoms with van der Waals surface area (Å²) in [4.78, 5) is 26.9. The van der Waals surface area contributed by atoms with Gasteiger partial charge in [-0.25, -0.2) is 13.2 Å². The zero-order valence-corrected chi connectivity index (χ0v) is 19.2. The molecule has 1 aliphatic rings. The van der Waals surface area contributed by atoms with Gasteiger partial charge in [0.1, 0.15) is 0 Å². The smallest absolute Gasteiger partial charge is 0.338 e. The monoisotopic (exact) mass is 453 g/mol. The second-order valence-corrected chi connectivity index (χ2v) is 9.67. The molecule has 31 heavy (non-hydrogen) atoms. The molecule has 9 heteroatoms. The predicted molar refractivity (Wildman–Crippen MR) is 117 cm³/mol. The van der Waals surface area contributed by atoms with Crippen LogP contribution in [0.15, 0.2) is 24.8 Å². The van der Waals surface area contributed by atoms with Crippen molar-refractivity contribution in [2.45, 2.75) is 38.6 Å². The van der Waals surface area contributed by atoms with Crippen LogP contribution in [0.2, 0.25) is 0 Å². The zero-order valence-electron chi connectivity index (χ0n) is 18.4. The first-order valence-corrected chi connectivity index (χ1v) is 12.1. The minimum atomic E-state index is -3.13. The first-order valence-electron chi connectivity index (χ1n) is 10.3. The summed E-state index contributed by atoms with van der Waals surface area (Å²) in [5, 5.41) is 0. The summed E-state index contributed by atoms with van der Waals surface area (Å²) in [7, 11) is -0.157. The molecular formula is C22H31NO7S. The fourth-order valence-electron chi connectivity index (χ4n) is 3.62. The van der Waals surface area contributed by atoms with Crippen molar-refractivity contribution in [3.63, 3.8) is 0 Å². The van der Waals surface area contributed by atoms with Gasteiger partial charge in [0, 0.05) is 18.2 Å². The fourth-order valence-corrected chi connectivity index (χ4v) is 5.35. The Labute approximate surface area is 184 Å². The van der Waals surface area contributed by atoms with Crippen molar-refractivity contribution in [2.24, 2.45) is 0 Å². The molecule has 1 unspecified atom stereocenters. The van der Waals surface area contributed by atoms with Crippen LogP contribution in [0.3, 0.4) is 0 Å². The average Bonchev–Trinajstić information content (AvgIpc) is 3.11. The number of ether oxygens (including phenoxy) is 3. The van der Waals surface area contributed by atoms with Crippen molar-refractivity contribution in [1.29, 1.82) is 0 Å². The molecule has 2 rings (SSSR count). The van der Waals surface area contributed by atoms with E-state index in [1.54, 1.807) is 17.0 Å². The molecule has 1 saturated heterocycles. The van der Waals surface area contributed by atoms with Crippen molar-refractivity contribution in [3.8, 4) is 11.5 Å². The number of nitrogens with zero attached hydrogens (tertiary/aromatic N) is 1. The number of carbonyl (C=O) groups is 2. The number of benzene rings is 1. The van der Waals surface area contributed by atoms with Crippen LogP contribution < -0.4 is 9.47 Å². The topological polar surface area (TPSA) is 99.2 Å². The van der Waals surface area contributed by atoms with Gasteiger partial charge in [-0.3, -0.25) is 4.79 Å². The van der Waals surface area contributed by atoms with Crippen molar-refractivity contribution in [3.05, 3.63) is 35.9 Å². The minimum absolute atomic E-state index is 0.0447. The van der Waals surface area contributed by atoms with Crippen molar-refractivity contribution in [1.82, 2.24) is 4.90 Å². The molecule has 0 bridgehead atoms. The number of amides is 1. The van der Waals surface area contributed by atoms with E-state index in [4.69, 9.17) is 14.2 Å². The van der Waals surface area contributed by atoms with Crippen LogP contribution in [0.4, 0.5) is 0 Å². The molecule has 172 valence electrons. The highest BCUT2D eigenvalue weighted by Crippen LogP contribution is 2.33. The third-order valence-corrected chi connectivity index (χ3v) is 6.95. The molecule has 0 aromatic heterocycles. The molecule has 0 saturated carbocycles. The summed E-state index contributed by atoms with van der Waals surface area (Å²) in [6, 6.07) is 2.74. The van der Waals surface area contributed by atoms with Gasteiger partial charge in [-0.15, -0.1) is 6.58 Å². The Balaban J connectivity index is 2.13. The van der Waals surface area contributed by atoms with E-state index in [1.807, 2.05) is 6.92 Å². The van der Waals surface area contributed by atoms with Crippen molar-refractivity contribution < 1.29 is 32.2 Å². The molecule has 1 aromatic rings. The third kappa shape index (κ3) is 6.46. The zero-order chi connectivity index (χ0) is 23.0. The van der Waals surface area contributed by atoms with Gasteiger partial charge < -0.3 is 19.1 Å². The number of sulfone groups is 1. The largest absolute Gasteiger partial charge is 0.493 e. The van der Waals surface area contributed by atoms with Crippen LogP contribution in [0.1, 0.15) is 42.1 Å². The Kier molecular flexibility index (Phi) is 8.91. The Morgan fingerprint density at radius 2 is 2.00 bits per heavy atom. The quantitative estimate of drug-likeness (QED) is 0.375. The number of esters is 1. The number of methoxy groups -OCH3 is 2. The highest BCUT2D eigenvalue weighted by atomic mass is 32.2. The molecule has 1 heterocycles. The van der Waals surface area contributed by atoms with Gasteiger partial charge in [0.15, 0.2) is 27.9 Å². The standard InChI is InChI=1S/C22H31NO7S/c1-5-7-10-23(18-9-11-31(26,27)15-18)20(24)14-30-22(25)17-12-16(8-6-2)21(29-4)19(13-17)28-3/h6,12-13,18H,2,5,7-11,14-15H2,1,3-4H3. The van der Waals surface area contributed by atoms with Crippen molar-refractivity contribution in [2.75, 3.05) is 38.9 Å². The maximum absolute atomic E-state index is 12.8. The van der Waals surface area contributed by atoms with Crippen LogP contribution >= 0.6 is 0 Å². The summed E-state index contributed by atoms with van der Waals surface area (Å²) >= 11 is 0. The summed E-state index contributed by atoms with van der Waals surface area (Å²) in [5.74, 6) is -0.156. The Bertz CT molecular complexity index is 911. The first-order chi connectivity index (χ1) is 14.8. The van der Waals surface area contributed by atoms with E-state index in [0.29, 0.717) is 36.4 Å². The van der Waals surface area contributed by atoms with Crippen LogP contribution in [0, 0.1) is 0 Å². The second-order valence-electron chi connectivity index (χ2n) is 7.44. The molecule has 1 fully saturated rings.